The lowest BCUT2D eigenvalue weighted by Crippen LogP contribution is -2.31. The van der Waals surface area contributed by atoms with E-state index in [0.717, 1.165) is 25.2 Å². The fourth-order valence-corrected chi connectivity index (χ4v) is 3.49. The number of thiophene rings is 1. The first kappa shape index (κ1) is 12.6. The summed E-state index contributed by atoms with van der Waals surface area (Å²) in [6.45, 7) is 1.74. The Morgan fingerprint density at radius 3 is 3.00 bits per heavy atom. The van der Waals surface area contributed by atoms with E-state index in [-0.39, 0.29) is 10.8 Å². The van der Waals surface area contributed by atoms with E-state index in [1.54, 1.807) is 17.4 Å². The maximum Gasteiger partial charge on any atom is 0.124 e. The maximum atomic E-state index is 13.3. The lowest BCUT2D eigenvalue weighted by molar-refractivity contribution is 0.626. The average molecular weight is 292 g/mol. The van der Waals surface area contributed by atoms with Gasteiger partial charge in [0.15, 0.2) is 0 Å². The Bertz CT molecular complexity index is 636. The van der Waals surface area contributed by atoms with Crippen LogP contribution in [0.5, 0.6) is 0 Å². The van der Waals surface area contributed by atoms with E-state index >= 15 is 0 Å². The normalized spacial score (nSPS) is 14.3. The molecule has 1 aliphatic heterocycles. The van der Waals surface area contributed by atoms with Gasteiger partial charge in [-0.25, -0.2) is 4.39 Å². The van der Waals surface area contributed by atoms with Gasteiger partial charge in [-0.05, 0) is 41.6 Å². The number of anilines is 1. The third-order valence-electron chi connectivity index (χ3n) is 3.37. The Labute approximate surface area is 120 Å². The van der Waals surface area contributed by atoms with Crippen LogP contribution in [0.1, 0.15) is 16.0 Å². The lowest BCUT2D eigenvalue weighted by atomic mass is 10.1. The van der Waals surface area contributed by atoms with E-state index in [1.807, 2.05) is 0 Å². The van der Waals surface area contributed by atoms with Crippen molar-refractivity contribution in [2.24, 2.45) is 5.73 Å². The molecule has 1 aromatic carbocycles. The van der Waals surface area contributed by atoms with Crippen LogP contribution in [0.3, 0.4) is 0 Å². The molecule has 0 saturated carbocycles. The molecule has 3 rings (SSSR count). The fraction of sp³-hybridized carbons (Fsp3) is 0.214. The quantitative estimate of drug-likeness (QED) is 0.863. The van der Waals surface area contributed by atoms with Crippen molar-refractivity contribution < 1.29 is 4.39 Å². The number of nitrogens with two attached hydrogens (primary N) is 1. The van der Waals surface area contributed by atoms with Gasteiger partial charge in [0.1, 0.15) is 10.8 Å². The van der Waals surface area contributed by atoms with Gasteiger partial charge < -0.3 is 10.6 Å². The minimum absolute atomic E-state index is 0.241. The molecule has 0 amide bonds. The first-order chi connectivity index (χ1) is 9.15. The predicted molar refractivity (Wildman–Crippen MR) is 81.4 cm³/mol. The molecule has 2 heterocycles. The van der Waals surface area contributed by atoms with E-state index < -0.39 is 0 Å². The van der Waals surface area contributed by atoms with Crippen molar-refractivity contribution in [1.29, 1.82) is 0 Å². The molecule has 0 radical (unpaired) electrons. The topological polar surface area (TPSA) is 29.3 Å². The summed E-state index contributed by atoms with van der Waals surface area (Å²) in [4.78, 5) is 3.89. The van der Waals surface area contributed by atoms with Crippen LogP contribution in [0.15, 0.2) is 29.6 Å². The second kappa shape index (κ2) is 4.90. The van der Waals surface area contributed by atoms with Gasteiger partial charge in [-0.15, -0.1) is 11.3 Å². The number of halogens is 1. The monoisotopic (exact) mass is 292 g/mol. The van der Waals surface area contributed by atoms with Gasteiger partial charge in [-0.1, -0.05) is 12.2 Å². The summed E-state index contributed by atoms with van der Waals surface area (Å²) in [5.74, 6) is -0.306. The molecule has 98 valence electrons. The summed E-state index contributed by atoms with van der Waals surface area (Å²) >= 11 is 6.82. The molecule has 1 aromatic heterocycles. The SMILES string of the molecule is NC(=S)c1cc(F)ccc1N1CCc2sccc2C1. The molecule has 19 heavy (non-hydrogen) atoms. The summed E-state index contributed by atoms with van der Waals surface area (Å²) in [6.07, 6.45) is 1.02. The van der Waals surface area contributed by atoms with Crippen molar-refractivity contribution in [1.82, 2.24) is 0 Å². The van der Waals surface area contributed by atoms with Crippen molar-refractivity contribution in [3.05, 3.63) is 51.5 Å². The fourth-order valence-electron chi connectivity index (χ4n) is 2.44. The molecule has 0 atom stereocenters. The summed E-state index contributed by atoms with van der Waals surface area (Å²) < 4.78 is 13.3. The minimum atomic E-state index is -0.306. The Morgan fingerprint density at radius 2 is 2.21 bits per heavy atom. The zero-order valence-corrected chi connectivity index (χ0v) is 11.9. The van der Waals surface area contributed by atoms with Crippen LogP contribution in [0.4, 0.5) is 10.1 Å². The molecule has 0 bridgehead atoms. The average Bonchev–Trinajstić information content (AvgIpc) is 2.85. The number of benzene rings is 1. The molecule has 0 spiro atoms. The molecule has 0 fully saturated rings. The van der Waals surface area contributed by atoms with E-state index in [4.69, 9.17) is 18.0 Å². The molecule has 2 nitrogen and oxygen atoms in total. The highest BCUT2D eigenvalue weighted by Gasteiger charge is 2.20. The second-order valence-electron chi connectivity index (χ2n) is 4.57. The number of rotatable bonds is 2. The Balaban J connectivity index is 1.98. The van der Waals surface area contributed by atoms with Gasteiger partial charge in [0.25, 0.3) is 0 Å². The number of nitrogens with zero attached hydrogens (tertiary/aromatic N) is 1. The lowest BCUT2D eigenvalue weighted by Gasteiger charge is -2.30. The molecule has 0 unspecified atom stereocenters. The summed E-state index contributed by atoms with van der Waals surface area (Å²) in [6, 6.07) is 6.79. The molecule has 1 aliphatic rings. The smallest absolute Gasteiger partial charge is 0.124 e. The molecular weight excluding hydrogens is 279 g/mol. The molecule has 5 heteroatoms. The first-order valence-corrected chi connectivity index (χ1v) is 7.33. The maximum absolute atomic E-state index is 13.3. The van der Waals surface area contributed by atoms with Crippen LogP contribution < -0.4 is 10.6 Å². The first-order valence-electron chi connectivity index (χ1n) is 6.04. The highest BCUT2D eigenvalue weighted by Crippen LogP contribution is 2.30. The zero-order chi connectivity index (χ0) is 13.4. The highest BCUT2D eigenvalue weighted by atomic mass is 32.1. The second-order valence-corrected chi connectivity index (χ2v) is 6.01. The number of thiocarbonyl (C=S) groups is 1. The zero-order valence-electron chi connectivity index (χ0n) is 10.2. The molecule has 0 saturated heterocycles. The van der Waals surface area contributed by atoms with E-state index in [0.29, 0.717) is 5.56 Å². The Hall–Kier alpha value is -1.46. The van der Waals surface area contributed by atoms with Gasteiger partial charge in [0, 0.05) is 29.2 Å². The van der Waals surface area contributed by atoms with Crippen molar-refractivity contribution in [3.63, 3.8) is 0 Å². The molecular formula is C14H13FN2S2. The van der Waals surface area contributed by atoms with Gasteiger partial charge in [-0.2, -0.15) is 0 Å². The largest absolute Gasteiger partial charge is 0.389 e. The summed E-state index contributed by atoms with van der Waals surface area (Å²) in [5, 5.41) is 2.12. The minimum Gasteiger partial charge on any atom is -0.389 e. The summed E-state index contributed by atoms with van der Waals surface area (Å²) in [5.41, 5.74) is 8.59. The van der Waals surface area contributed by atoms with E-state index in [9.17, 15) is 4.39 Å². The van der Waals surface area contributed by atoms with Crippen LogP contribution in [0.25, 0.3) is 0 Å². The van der Waals surface area contributed by atoms with Gasteiger partial charge in [-0.3, -0.25) is 0 Å². The van der Waals surface area contributed by atoms with Crippen molar-refractivity contribution in [2.45, 2.75) is 13.0 Å². The number of hydrogen-bond donors (Lipinski definition) is 1. The Kier molecular flexibility index (Phi) is 3.24. The predicted octanol–water partition coefficient (Wildman–Crippen LogP) is 3.08. The third-order valence-corrected chi connectivity index (χ3v) is 4.62. The van der Waals surface area contributed by atoms with E-state index in [1.165, 1.54) is 22.6 Å². The van der Waals surface area contributed by atoms with Crippen molar-refractivity contribution in [3.8, 4) is 0 Å². The molecule has 0 aliphatic carbocycles. The van der Waals surface area contributed by atoms with Gasteiger partial charge >= 0.3 is 0 Å². The Morgan fingerprint density at radius 1 is 1.37 bits per heavy atom. The van der Waals surface area contributed by atoms with Gasteiger partial charge in [0.05, 0.1) is 0 Å². The van der Waals surface area contributed by atoms with Crippen LogP contribution in [-0.4, -0.2) is 11.5 Å². The van der Waals surface area contributed by atoms with Crippen LogP contribution >= 0.6 is 23.6 Å². The van der Waals surface area contributed by atoms with Crippen molar-refractivity contribution in [2.75, 3.05) is 11.4 Å². The van der Waals surface area contributed by atoms with Crippen LogP contribution in [0, 0.1) is 5.82 Å². The third kappa shape index (κ3) is 2.35. The highest BCUT2D eigenvalue weighted by molar-refractivity contribution is 7.80. The standard InChI is InChI=1S/C14H13FN2S2/c15-10-1-2-12(11(7-10)14(16)18)17-5-3-13-9(8-17)4-6-19-13/h1-2,4,6-7H,3,5,8H2,(H2,16,18). The molecule has 2 N–H and O–H groups in total. The van der Waals surface area contributed by atoms with E-state index in [2.05, 4.69) is 16.3 Å². The number of hydrogen-bond acceptors (Lipinski definition) is 3. The van der Waals surface area contributed by atoms with Crippen molar-refractivity contribution >= 4 is 34.2 Å². The van der Waals surface area contributed by atoms with Crippen LogP contribution in [0.2, 0.25) is 0 Å². The summed E-state index contributed by atoms with van der Waals surface area (Å²) in [7, 11) is 0. The van der Waals surface area contributed by atoms with Gasteiger partial charge in [0.2, 0.25) is 0 Å². The molecule has 2 aromatic rings. The van der Waals surface area contributed by atoms with Crippen LogP contribution in [-0.2, 0) is 13.0 Å². The number of fused-ring (bicyclic) bond motifs is 1.